The second kappa shape index (κ2) is 6.27. The predicted octanol–water partition coefficient (Wildman–Crippen LogP) is 2.62. The van der Waals surface area contributed by atoms with Crippen LogP contribution in [-0.4, -0.2) is 36.3 Å². The van der Waals surface area contributed by atoms with Gasteiger partial charge in [-0.15, -0.1) is 11.3 Å². The number of thiophene rings is 1. The van der Waals surface area contributed by atoms with Crippen molar-refractivity contribution in [1.29, 1.82) is 0 Å². The number of aryl methyl sites for hydroxylation is 2. The Kier molecular flexibility index (Phi) is 4.14. The summed E-state index contributed by atoms with van der Waals surface area (Å²) in [6.45, 7) is 2.19. The van der Waals surface area contributed by atoms with E-state index < -0.39 is 0 Å². The number of likely N-dealkylation sites (tertiary alicyclic amines) is 1. The van der Waals surface area contributed by atoms with Crippen LogP contribution < -0.4 is 5.32 Å². The average molecular weight is 332 g/mol. The molecule has 1 N–H and O–H groups in total. The van der Waals surface area contributed by atoms with Gasteiger partial charge in [0.25, 0.3) is 5.91 Å². The lowest BCUT2D eigenvalue weighted by atomic mass is 9.97. The summed E-state index contributed by atoms with van der Waals surface area (Å²) in [6, 6.07) is 2.09. The van der Waals surface area contributed by atoms with Gasteiger partial charge in [0.05, 0.1) is 10.8 Å². The van der Waals surface area contributed by atoms with Crippen LogP contribution in [0.1, 0.15) is 52.2 Å². The van der Waals surface area contributed by atoms with Gasteiger partial charge in [0.15, 0.2) is 0 Å². The molecule has 2 amide bonds. The Morgan fingerprint density at radius 1 is 1.22 bits per heavy atom. The maximum Gasteiger partial charge on any atom is 0.263 e. The van der Waals surface area contributed by atoms with Crippen LogP contribution in [0.2, 0.25) is 0 Å². The molecule has 23 heavy (non-hydrogen) atoms. The highest BCUT2D eigenvalue weighted by Gasteiger charge is 2.31. The van der Waals surface area contributed by atoms with E-state index in [0.717, 1.165) is 43.6 Å². The van der Waals surface area contributed by atoms with Crippen LogP contribution >= 0.6 is 11.3 Å². The fourth-order valence-corrected chi connectivity index (χ4v) is 4.90. The topological polar surface area (TPSA) is 49.4 Å². The molecule has 2 heterocycles. The summed E-state index contributed by atoms with van der Waals surface area (Å²) >= 11 is 1.66. The molecule has 4 rings (SSSR count). The van der Waals surface area contributed by atoms with Gasteiger partial charge in [0.2, 0.25) is 5.91 Å². The lowest BCUT2D eigenvalue weighted by Crippen LogP contribution is -2.45. The van der Waals surface area contributed by atoms with Crippen molar-refractivity contribution in [3.8, 4) is 0 Å². The minimum Gasteiger partial charge on any atom is -0.356 e. The predicted molar refractivity (Wildman–Crippen MR) is 90.7 cm³/mol. The third-order valence-electron chi connectivity index (χ3n) is 5.30. The molecule has 0 spiro atoms. The summed E-state index contributed by atoms with van der Waals surface area (Å²) in [5.41, 5.74) is 1.37. The number of carbonyl (C=O) groups is 2. The van der Waals surface area contributed by atoms with Crippen LogP contribution in [0.25, 0.3) is 0 Å². The Bertz CT molecular complexity index is 599. The van der Waals surface area contributed by atoms with Gasteiger partial charge in [-0.05, 0) is 62.5 Å². The standard InChI is InChI=1S/C18H24N2O2S/c21-17(19-10-12-6-7-12)14-4-2-8-20(11-14)18(22)16-9-13-3-1-5-15(13)23-16/h9,12,14H,1-8,10-11H2,(H,19,21). The molecule has 2 fully saturated rings. The third-order valence-corrected chi connectivity index (χ3v) is 6.52. The maximum atomic E-state index is 12.8. The first-order valence-corrected chi connectivity index (χ1v) is 9.71. The molecule has 1 saturated heterocycles. The number of nitrogens with zero attached hydrogens (tertiary/aromatic N) is 1. The van der Waals surface area contributed by atoms with Crippen LogP contribution in [0.3, 0.4) is 0 Å². The fraction of sp³-hybridized carbons (Fsp3) is 0.667. The van der Waals surface area contributed by atoms with E-state index in [4.69, 9.17) is 0 Å². The summed E-state index contributed by atoms with van der Waals surface area (Å²) in [5, 5.41) is 3.07. The molecule has 2 aliphatic carbocycles. The van der Waals surface area contributed by atoms with Gasteiger partial charge in [-0.25, -0.2) is 0 Å². The zero-order valence-corrected chi connectivity index (χ0v) is 14.3. The number of nitrogens with one attached hydrogen (secondary N) is 1. The second-order valence-corrected chi connectivity index (χ2v) is 8.33. The van der Waals surface area contributed by atoms with Crippen LogP contribution in [0, 0.1) is 11.8 Å². The number of fused-ring (bicyclic) bond motifs is 1. The van der Waals surface area contributed by atoms with Crippen molar-refractivity contribution in [3.63, 3.8) is 0 Å². The quantitative estimate of drug-likeness (QED) is 0.921. The van der Waals surface area contributed by atoms with E-state index in [-0.39, 0.29) is 17.7 Å². The molecule has 0 radical (unpaired) electrons. The highest BCUT2D eigenvalue weighted by Crippen LogP contribution is 2.32. The van der Waals surface area contributed by atoms with E-state index in [1.54, 1.807) is 11.3 Å². The first-order valence-electron chi connectivity index (χ1n) is 8.89. The van der Waals surface area contributed by atoms with Crippen LogP contribution in [0.4, 0.5) is 0 Å². The lowest BCUT2D eigenvalue weighted by molar-refractivity contribution is -0.126. The third kappa shape index (κ3) is 3.30. The summed E-state index contributed by atoms with van der Waals surface area (Å²) in [4.78, 5) is 29.2. The molecule has 3 aliphatic rings. The maximum absolute atomic E-state index is 12.8. The van der Waals surface area contributed by atoms with Crippen LogP contribution in [0.15, 0.2) is 6.07 Å². The SMILES string of the molecule is O=C(NCC1CC1)C1CCCN(C(=O)c2cc3c(s2)CCC3)C1. The first kappa shape index (κ1) is 15.2. The summed E-state index contributed by atoms with van der Waals surface area (Å²) in [5.74, 6) is 0.944. The summed E-state index contributed by atoms with van der Waals surface area (Å²) in [6.07, 6.45) is 7.80. The molecule has 1 atom stereocenters. The van der Waals surface area contributed by atoms with Crippen molar-refractivity contribution in [2.75, 3.05) is 19.6 Å². The van der Waals surface area contributed by atoms with Crippen LogP contribution in [-0.2, 0) is 17.6 Å². The number of amides is 2. The molecule has 5 heteroatoms. The summed E-state index contributed by atoms with van der Waals surface area (Å²) in [7, 11) is 0. The van der Waals surface area contributed by atoms with Gasteiger partial charge in [-0.1, -0.05) is 0 Å². The van der Waals surface area contributed by atoms with Crippen molar-refractivity contribution in [2.45, 2.75) is 44.9 Å². The zero-order chi connectivity index (χ0) is 15.8. The molecule has 4 nitrogen and oxygen atoms in total. The Morgan fingerprint density at radius 3 is 2.87 bits per heavy atom. The van der Waals surface area contributed by atoms with Gasteiger partial charge < -0.3 is 10.2 Å². The van der Waals surface area contributed by atoms with E-state index >= 15 is 0 Å². The monoisotopic (exact) mass is 332 g/mol. The molecule has 1 unspecified atom stereocenters. The van der Waals surface area contributed by atoms with Gasteiger partial charge >= 0.3 is 0 Å². The molecule has 1 saturated carbocycles. The molecule has 0 aromatic carbocycles. The largest absolute Gasteiger partial charge is 0.356 e. The highest BCUT2D eigenvalue weighted by atomic mass is 32.1. The van der Waals surface area contributed by atoms with E-state index in [0.29, 0.717) is 12.5 Å². The Labute approximate surface area is 141 Å². The second-order valence-electron chi connectivity index (χ2n) is 7.19. The van der Waals surface area contributed by atoms with Crippen molar-refractivity contribution in [3.05, 3.63) is 21.4 Å². The van der Waals surface area contributed by atoms with E-state index in [1.165, 1.54) is 29.7 Å². The highest BCUT2D eigenvalue weighted by molar-refractivity contribution is 7.14. The molecular weight excluding hydrogens is 308 g/mol. The summed E-state index contributed by atoms with van der Waals surface area (Å²) < 4.78 is 0. The first-order chi connectivity index (χ1) is 11.2. The van der Waals surface area contributed by atoms with Gasteiger partial charge in [0, 0.05) is 24.5 Å². The van der Waals surface area contributed by atoms with Gasteiger partial charge in [-0.3, -0.25) is 9.59 Å². The smallest absolute Gasteiger partial charge is 0.263 e. The zero-order valence-electron chi connectivity index (χ0n) is 13.5. The number of piperidine rings is 1. The Hall–Kier alpha value is -1.36. The van der Waals surface area contributed by atoms with Crippen molar-refractivity contribution in [2.24, 2.45) is 11.8 Å². The molecule has 1 aromatic rings. The fourth-order valence-electron chi connectivity index (χ4n) is 3.68. The molecule has 0 bridgehead atoms. The van der Waals surface area contributed by atoms with Crippen molar-refractivity contribution in [1.82, 2.24) is 10.2 Å². The normalized spacial score (nSPS) is 23.7. The van der Waals surface area contributed by atoms with Crippen molar-refractivity contribution >= 4 is 23.2 Å². The Morgan fingerprint density at radius 2 is 2.09 bits per heavy atom. The van der Waals surface area contributed by atoms with Gasteiger partial charge in [-0.2, -0.15) is 0 Å². The van der Waals surface area contributed by atoms with E-state index in [1.807, 2.05) is 4.90 Å². The van der Waals surface area contributed by atoms with Crippen molar-refractivity contribution < 1.29 is 9.59 Å². The number of hydrogen-bond donors (Lipinski definition) is 1. The van der Waals surface area contributed by atoms with Gasteiger partial charge in [0.1, 0.15) is 0 Å². The number of hydrogen-bond acceptors (Lipinski definition) is 3. The minimum absolute atomic E-state index is 0.0294. The number of carbonyl (C=O) groups excluding carboxylic acids is 2. The number of rotatable bonds is 4. The average Bonchev–Trinajstić information content (AvgIpc) is 3.15. The molecular formula is C18H24N2O2S. The lowest BCUT2D eigenvalue weighted by Gasteiger charge is -2.31. The van der Waals surface area contributed by atoms with E-state index in [2.05, 4.69) is 11.4 Å². The Balaban J connectivity index is 1.37. The molecule has 124 valence electrons. The minimum atomic E-state index is -0.0294. The molecule has 1 aliphatic heterocycles. The van der Waals surface area contributed by atoms with E-state index in [9.17, 15) is 9.59 Å². The molecule has 1 aromatic heterocycles. The van der Waals surface area contributed by atoms with Crippen LogP contribution in [0.5, 0.6) is 0 Å².